The highest BCUT2D eigenvalue weighted by atomic mass is 16.5. The van der Waals surface area contributed by atoms with Gasteiger partial charge in [-0.05, 0) is 39.8 Å². The second-order valence-electron chi connectivity index (χ2n) is 11.4. The van der Waals surface area contributed by atoms with Crippen LogP contribution in [0.2, 0.25) is 0 Å². The summed E-state index contributed by atoms with van der Waals surface area (Å²) in [5.41, 5.74) is 5.32. The lowest BCUT2D eigenvalue weighted by Crippen LogP contribution is -2.33. The van der Waals surface area contributed by atoms with Crippen LogP contribution in [0.25, 0.3) is 0 Å². The first-order valence-corrected chi connectivity index (χ1v) is 17.1. The number of aliphatic hydroxyl groups excluding tert-OH is 3. The van der Waals surface area contributed by atoms with Gasteiger partial charge in [0, 0.05) is 6.61 Å². The summed E-state index contributed by atoms with van der Waals surface area (Å²) in [5.74, 6) is 0. The van der Waals surface area contributed by atoms with Gasteiger partial charge in [0.05, 0.1) is 26.4 Å². The fourth-order valence-corrected chi connectivity index (χ4v) is 5.99. The van der Waals surface area contributed by atoms with Crippen molar-refractivity contribution in [3.8, 4) is 0 Å². The maximum atomic E-state index is 9.35. The SMILES string of the molecule is CCCOC(c1ccccc1)(c1ccccc1)c1ccccc1.OCCO.OCCOC(c1ccccc1)(c1ccccc1)c1ccccc1. The summed E-state index contributed by atoms with van der Waals surface area (Å²) in [5, 5.41) is 24.6. The molecule has 0 aliphatic rings. The first kappa shape index (κ1) is 37.9. The minimum Gasteiger partial charge on any atom is -0.394 e. The summed E-state index contributed by atoms with van der Waals surface area (Å²) in [6.45, 7) is 2.84. The number of benzene rings is 6. The number of rotatable bonds is 13. The Hall–Kier alpha value is -4.88. The Kier molecular flexibility index (Phi) is 15.6. The lowest BCUT2D eigenvalue weighted by atomic mass is 9.80. The van der Waals surface area contributed by atoms with Crippen LogP contribution < -0.4 is 0 Å². The highest BCUT2D eigenvalue weighted by Gasteiger charge is 2.38. The summed E-state index contributed by atoms with van der Waals surface area (Å²) in [7, 11) is 0. The van der Waals surface area contributed by atoms with Crippen molar-refractivity contribution in [3.05, 3.63) is 215 Å². The van der Waals surface area contributed by atoms with E-state index in [1.807, 2.05) is 72.8 Å². The summed E-state index contributed by atoms with van der Waals surface area (Å²) in [6, 6.07) is 61.9. The average molecular weight is 669 g/mol. The van der Waals surface area contributed by atoms with Crippen LogP contribution in [0.15, 0.2) is 182 Å². The molecule has 5 heteroatoms. The van der Waals surface area contributed by atoms with Gasteiger partial charge in [-0.1, -0.05) is 189 Å². The maximum absolute atomic E-state index is 9.35. The van der Waals surface area contributed by atoms with E-state index in [0.717, 1.165) is 39.8 Å². The Bertz CT molecular complexity index is 1390. The molecule has 0 atom stereocenters. The predicted octanol–water partition coefficient (Wildman–Crippen LogP) is 8.36. The highest BCUT2D eigenvalue weighted by molar-refractivity contribution is 5.48. The first-order valence-electron chi connectivity index (χ1n) is 17.1. The molecule has 6 aromatic carbocycles. The molecule has 0 aromatic heterocycles. The zero-order valence-electron chi connectivity index (χ0n) is 28.7. The van der Waals surface area contributed by atoms with Crippen molar-refractivity contribution in [1.82, 2.24) is 0 Å². The van der Waals surface area contributed by atoms with Crippen LogP contribution in [-0.2, 0) is 20.7 Å². The minimum atomic E-state index is -0.730. The topological polar surface area (TPSA) is 79.2 Å². The maximum Gasteiger partial charge on any atom is 0.143 e. The molecule has 0 spiro atoms. The second kappa shape index (κ2) is 20.6. The van der Waals surface area contributed by atoms with E-state index in [-0.39, 0.29) is 26.4 Å². The van der Waals surface area contributed by atoms with Crippen molar-refractivity contribution in [1.29, 1.82) is 0 Å². The van der Waals surface area contributed by atoms with E-state index in [0.29, 0.717) is 6.61 Å². The van der Waals surface area contributed by atoms with Crippen LogP contribution in [-0.4, -0.2) is 48.4 Å². The van der Waals surface area contributed by atoms with Crippen molar-refractivity contribution in [3.63, 3.8) is 0 Å². The van der Waals surface area contributed by atoms with Gasteiger partial charge >= 0.3 is 0 Å². The molecule has 0 aliphatic carbocycles. The third-order valence-corrected chi connectivity index (χ3v) is 8.11. The minimum absolute atomic E-state index is 0.0196. The van der Waals surface area contributed by atoms with Crippen molar-refractivity contribution in [2.45, 2.75) is 24.5 Å². The molecule has 6 aromatic rings. The molecule has 6 rings (SSSR count). The van der Waals surface area contributed by atoms with Crippen LogP contribution in [0.4, 0.5) is 0 Å². The van der Waals surface area contributed by atoms with Gasteiger partial charge in [0.25, 0.3) is 0 Å². The van der Waals surface area contributed by atoms with E-state index in [1.54, 1.807) is 0 Å². The van der Waals surface area contributed by atoms with E-state index in [1.165, 1.54) is 0 Å². The van der Waals surface area contributed by atoms with Gasteiger partial charge in [0.2, 0.25) is 0 Å². The van der Waals surface area contributed by atoms with E-state index in [2.05, 4.69) is 116 Å². The van der Waals surface area contributed by atoms with Crippen LogP contribution in [0.5, 0.6) is 0 Å². The normalized spacial score (nSPS) is 11.0. The van der Waals surface area contributed by atoms with Crippen molar-refractivity contribution < 1.29 is 24.8 Å². The quantitative estimate of drug-likeness (QED) is 0.108. The van der Waals surface area contributed by atoms with Gasteiger partial charge in [-0.3, -0.25) is 0 Å². The molecule has 3 N–H and O–H groups in total. The molecule has 5 nitrogen and oxygen atoms in total. The lowest BCUT2D eigenvalue weighted by molar-refractivity contribution is -0.00644. The molecular weight excluding hydrogens is 620 g/mol. The zero-order valence-corrected chi connectivity index (χ0v) is 28.7. The van der Waals surface area contributed by atoms with Crippen molar-refractivity contribution in [2.24, 2.45) is 0 Å². The standard InChI is InChI=1S/C22H22O.C21H20O2.C2H6O2/c1-2-18-23-22(19-12-6-3-7-13-19,20-14-8-4-9-15-20)21-16-10-5-11-17-21;22-16-17-23-21(18-10-4-1-5-11-18,19-12-6-2-7-13-19)20-14-8-3-9-15-20;3-1-2-4/h3-17H,2,18H2,1H3;1-15,22H,16-17H2;3-4H,1-2H2. The third-order valence-electron chi connectivity index (χ3n) is 8.11. The molecule has 0 bridgehead atoms. The monoisotopic (exact) mass is 668 g/mol. The predicted molar refractivity (Wildman–Crippen MR) is 202 cm³/mol. The zero-order chi connectivity index (χ0) is 35.3. The summed E-state index contributed by atoms with van der Waals surface area (Å²) in [6.07, 6.45) is 0.980. The third kappa shape index (κ3) is 9.42. The molecule has 0 radical (unpaired) electrons. The molecule has 0 saturated carbocycles. The van der Waals surface area contributed by atoms with Gasteiger partial charge in [0.1, 0.15) is 11.2 Å². The second-order valence-corrected chi connectivity index (χ2v) is 11.4. The van der Waals surface area contributed by atoms with Gasteiger partial charge in [-0.15, -0.1) is 0 Å². The van der Waals surface area contributed by atoms with Crippen LogP contribution in [0.3, 0.4) is 0 Å². The fourth-order valence-electron chi connectivity index (χ4n) is 5.99. The Morgan fingerprint density at radius 3 is 0.740 bits per heavy atom. The summed E-state index contributed by atoms with van der Waals surface area (Å²) in [4.78, 5) is 0. The van der Waals surface area contributed by atoms with Gasteiger partial charge in [0.15, 0.2) is 0 Å². The van der Waals surface area contributed by atoms with Crippen LogP contribution in [0.1, 0.15) is 46.7 Å². The van der Waals surface area contributed by atoms with E-state index < -0.39 is 11.2 Å². The van der Waals surface area contributed by atoms with Crippen LogP contribution in [0, 0.1) is 0 Å². The largest absolute Gasteiger partial charge is 0.394 e. The summed E-state index contributed by atoms with van der Waals surface area (Å²) < 4.78 is 12.8. The molecule has 0 unspecified atom stereocenters. The molecule has 50 heavy (non-hydrogen) atoms. The van der Waals surface area contributed by atoms with Gasteiger partial charge in [-0.2, -0.15) is 0 Å². The van der Waals surface area contributed by atoms with Crippen molar-refractivity contribution >= 4 is 0 Å². The molecular formula is C45H48O5. The van der Waals surface area contributed by atoms with Crippen LogP contribution >= 0.6 is 0 Å². The number of hydrogen-bond acceptors (Lipinski definition) is 5. The fraction of sp³-hybridized carbons (Fsp3) is 0.200. The molecule has 0 fully saturated rings. The Balaban J connectivity index is 0.000000203. The molecule has 0 heterocycles. The Morgan fingerprint density at radius 2 is 0.560 bits per heavy atom. The van der Waals surface area contributed by atoms with E-state index in [9.17, 15) is 5.11 Å². The van der Waals surface area contributed by atoms with Gasteiger partial charge in [-0.25, -0.2) is 0 Å². The van der Waals surface area contributed by atoms with E-state index in [4.69, 9.17) is 19.7 Å². The average Bonchev–Trinajstić information content (AvgIpc) is 3.21. The first-order chi connectivity index (χ1) is 24.7. The van der Waals surface area contributed by atoms with Gasteiger partial charge < -0.3 is 24.8 Å². The lowest BCUT2D eigenvalue weighted by Gasteiger charge is -2.36. The van der Waals surface area contributed by atoms with E-state index >= 15 is 0 Å². The highest BCUT2D eigenvalue weighted by Crippen LogP contribution is 2.41. The molecule has 0 amide bonds. The number of ether oxygens (including phenoxy) is 2. The molecule has 0 saturated heterocycles. The Morgan fingerprint density at radius 1 is 0.340 bits per heavy atom. The molecule has 0 aliphatic heterocycles. The number of aliphatic hydroxyl groups is 3. The van der Waals surface area contributed by atoms with Crippen molar-refractivity contribution in [2.75, 3.05) is 33.0 Å². The number of hydrogen-bond donors (Lipinski definition) is 3. The molecule has 258 valence electrons. The summed E-state index contributed by atoms with van der Waals surface area (Å²) >= 11 is 0. The smallest absolute Gasteiger partial charge is 0.143 e. The Labute approximate surface area is 297 Å².